The molecule has 0 aliphatic heterocycles. The van der Waals surface area contributed by atoms with Crippen LogP contribution in [0.15, 0.2) is 47.3 Å². The molecule has 4 rings (SSSR count). The van der Waals surface area contributed by atoms with Crippen LogP contribution >= 0.6 is 0 Å². The van der Waals surface area contributed by atoms with Crippen molar-refractivity contribution in [3.05, 3.63) is 69.5 Å². The Morgan fingerprint density at radius 1 is 1.26 bits per heavy atom. The van der Waals surface area contributed by atoms with Crippen LogP contribution in [-0.4, -0.2) is 22.7 Å². The molecule has 1 aromatic heterocycles. The lowest BCUT2D eigenvalue weighted by atomic mass is 10.0. The zero-order valence-corrected chi connectivity index (χ0v) is 15.2. The molecule has 138 valence electrons. The van der Waals surface area contributed by atoms with Crippen LogP contribution in [0.25, 0.3) is 10.9 Å². The Balaban J connectivity index is 1.75. The van der Waals surface area contributed by atoms with Crippen LogP contribution in [0.1, 0.15) is 33.9 Å². The van der Waals surface area contributed by atoms with Gasteiger partial charge in [-0.2, -0.15) is 0 Å². The highest BCUT2D eigenvalue weighted by atomic mass is 16.5. The standard InChI is InChI=1S/C21H20N2O4/c1-23-17-6-4-3-5-14(17)18(19(24)21(23)26)20(25)22-16-10-8-12-7-9-13(27-2)11-15(12)16/h3-7,9,11,16,24H,8,10H2,1-2H3,(H,22,25). The number of nitrogens with zero attached hydrogens (tertiary/aromatic N) is 1. The molecule has 6 heteroatoms. The van der Waals surface area contributed by atoms with Gasteiger partial charge in [0.05, 0.1) is 24.2 Å². The SMILES string of the molecule is COc1ccc2c(c1)C(NC(=O)c1c(O)c(=O)n(C)c3ccccc13)CC2. The summed E-state index contributed by atoms with van der Waals surface area (Å²) >= 11 is 0. The molecule has 0 bridgehead atoms. The average molecular weight is 364 g/mol. The van der Waals surface area contributed by atoms with E-state index in [4.69, 9.17) is 4.74 Å². The number of ether oxygens (including phenoxy) is 1. The number of benzene rings is 2. The van der Waals surface area contributed by atoms with E-state index in [9.17, 15) is 14.7 Å². The van der Waals surface area contributed by atoms with E-state index in [2.05, 4.69) is 5.32 Å². The lowest BCUT2D eigenvalue weighted by Crippen LogP contribution is -2.30. The van der Waals surface area contributed by atoms with Crippen molar-refractivity contribution in [1.82, 2.24) is 9.88 Å². The minimum atomic E-state index is -0.590. The summed E-state index contributed by atoms with van der Waals surface area (Å²) in [5.74, 6) is -0.253. The maximum Gasteiger partial charge on any atom is 0.293 e. The Labute approximate surface area is 156 Å². The molecule has 1 aliphatic rings. The molecule has 2 aromatic carbocycles. The van der Waals surface area contributed by atoms with Gasteiger partial charge in [0.25, 0.3) is 11.5 Å². The minimum Gasteiger partial charge on any atom is -0.502 e. The lowest BCUT2D eigenvalue weighted by molar-refractivity contribution is 0.0935. The predicted molar refractivity (Wildman–Crippen MR) is 102 cm³/mol. The summed E-state index contributed by atoms with van der Waals surface area (Å²) in [6.07, 6.45) is 1.62. The fraction of sp³-hybridized carbons (Fsp3) is 0.238. The number of rotatable bonds is 3. The second kappa shape index (κ2) is 6.46. The number of fused-ring (bicyclic) bond motifs is 2. The second-order valence-corrected chi connectivity index (χ2v) is 6.73. The Bertz CT molecular complexity index is 1120. The zero-order valence-electron chi connectivity index (χ0n) is 15.2. The van der Waals surface area contributed by atoms with Gasteiger partial charge in [-0.15, -0.1) is 0 Å². The molecule has 0 saturated carbocycles. The van der Waals surface area contributed by atoms with E-state index in [1.54, 1.807) is 38.4 Å². The van der Waals surface area contributed by atoms with Gasteiger partial charge in [0.15, 0.2) is 5.75 Å². The largest absolute Gasteiger partial charge is 0.502 e. The van der Waals surface area contributed by atoms with Gasteiger partial charge in [-0.3, -0.25) is 9.59 Å². The summed E-state index contributed by atoms with van der Waals surface area (Å²) in [5, 5.41) is 13.9. The first-order chi connectivity index (χ1) is 13.0. The number of aryl methyl sites for hydroxylation is 2. The Hall–Kier alpha value is -3.28. The van der Waals surface area contributed by atoms with E-state index < -0.39 is 17.2 Å². The third-order valence-electron chi connectivity index (χ3n) is 5.24. The molecular formula is C21H20N2O4. The summed E-state index contributed by atoms with van der Waals surface area (Å²) in [5.41, 5.74) is 2.20. The normalized spacial score (nSPS) is 15.6. The van der Waals surface area contributed by atoms with Gasteiger partial charge in [0.2, 0.25) is 0 Å². The highest BCUT2D eigenvalue weighted by Gasteiger charge is 2.27. The van der Waals surface area contributed by atoms with Crippen molar-refractivity contribution in [2.24, 2.45) is 7.05 Å². The van der Waals surface area contributed by atoms with Gasteiger partial charge in [-0.25, -0.2) is 0 Å². The molecule has 0 saturated heterocycles. The third kappa shape index (κ3) is 2.73. The Morgan fingerprint density at radius 2 is 2.04 bits per heavy atom. The van der Waals surface area contributed by atoms with Crippen molar-refractivity contribution in [2.45, 2.75) is 18.9 Å². The monoisotopic (exact) mass is 364 g/mol. The van der Waals surface area contributed by atoms with E-state index >= 15 is 0 Å². The van der Waals surface area contributed by atoms with Crippen molar-refractivity contribution < 1.29 is 14.6 Å². The number of para-hydroxylation sites is 1. The van der Waals surface area contributed by atoms with Crippen LogP contribution in [0.2, 0.25) is 0 Å². The maximum atomic E-state index is 13.0. The number of pyridine rings is 1. The number of nitrogens with one attached hydrogen (secondary N) is 1. The number of carbonyl (C=O) groups excluding carboxylic acids is 1. The Morgan fingerprint density at radius 3 is 2.81 bits per heavy atom. The molecule has 6 nitrogen and oxygen atoms in total. The molecule has 1 unspecified atom stereocenters. The van der Waals surface area contributed by atoms with Crippen molar-refractivity contribution in [1.29, 1.82) is 0 Å². The molecule has 1 atom stereocenters. The first-order valence-electron chi connectivity index (χ1n) is 8.79. The molecule has 0 radical (unpaired) electrons. The van der Waals surface area contributed by atoms with Gasteiger partial charge in [0, 0.05) is 12.4 Å². The van der Waals surface area contributed by atoms with Crippen LogP contribution in [0.4, 0.5) is 0 Å². The quantitative estimate of drug-likeness (QED) is 0.749. The van der Waals surface area contributed by atoms with Gasteiger partial charge in [-0.05, 0) is 42.2 Å². The summed E-state index contributed by atoms with van der Waals surface area (Å²) < 4.78 is 6.63. The number of carbonyl (C=O) groups is 1. The van der Waals surface area contributed by atoms with Gasteiger partial charge >= 0.3 is 0 Å². The topological polar surface area (TPSA) is 80.6 Å². The van der Waals surface area contributed by atoms with Crippen molar-refractivity contribution in [2.75, 3.05) is 7.11 Å². The first kappa shape index (κ1) is 17.1. The van der Waals surface area contributed by atoms with E-state index in [0.29, 0.717) is 10.9 Å². The summed E-state index contributed by atoms with van der Waals surface area (Å²) in [6.45, 7) is 0. The molecule has 3 aromatic rings. The van der Waals surface area contributed by atoms with Crippen LogP contribution in [-0.2, 0) is 13.5 Å². The summed E-state index contributed by atoms with van der Waals surface area (Å²) in [6, 6.07) is 12.7. The molecular weight excluding hydrogens is 344 g/mol. The van der Waals surface area contributed by atoms with Crippen LogP contribution in [0.3, 0.4) is 0 Å². The highest BCUT2D eigenvalue weighted by Crippen LogP contribution is 2.34. The van der Waals surface area contributed by atoms with Gasteiger partial charge in [-0.1, -0.05) is 24.3 Å². The van der Waals surface area contributed by atoms with Gasteiger partial charge < -0.3 is 19.7 Å². The van der Waals surface area contributed by atoms with Crippen molar-refractivity contribution >= 4 is 16.8 Å². The number of aromatic nitrogens is 1. The third-order valence-corrected chi connectivity index (χ3v) is 5.24. The van der Waals surface area contributed by atoms with Crippen LogP contribution in [0, 0.1) is 0 Å². The zero-order chi connectivity index (χ0) is 19.1. The number of hydrogen-bond acceptors (Lipinski definition) is 4. The molecule has 2 N–H and O–H groups in total. The van der Waals surface area contributed by atoms with Crippen LogP contribution in [0.5, 0.6) is 11.5 Å². The number of hydrogen-bond donors (Lipinski definition) is 2. The van der Waals surface area contributed by atoms with Crippen molar-refractivity contribution in [3.63, 3.8) is 0 Å². The predicted octanol–water partition coefficient (Wildman–Crippen LogP) is 2.67. The summed E-state index contributed by atoms with van der Waals surface area (Å²) in [7, 11) is 3.18. The molecule has 1 aliphatic carbocycles. The fourth-order valence-corrected chi connectivity index (χ4v) is 3.80. The number of amides is 1. The van der Waals surface area contributed by atoms with Crippen LogP contribution < -0.4 is 15.6 Å². The molecule has 0 fully saturated rings. The fourth-order valence-electron chi connectivity index (χ4n) is 3.80. The second-order valence-electron chi connectivity index (χ2n) is 6.73. The minimum absolute atomic E-state index is 0.0186. The Kier molecular flexibility index (Phi) is 4.11. The lowest BCUT2D eigenvalue weighted by Gasteiger charge is -2.17. The molecule has 1 amide bonds. The first-order valence-corrected chi connectivity index (χ1v) is 8.79. The smallest absolute Gasteiger partial charge is 0.293 e. The van der Waals surface area contributed by atoms with E-state index in [1.807, 2.05) is 18.2 Å². The maximum absolute atomic E-state index is 13.0. The summed E-state index contributed by atoms with van der Waals surface area (Å²) in [4.78, 5) is 25.4. The van der Waals surface area contributed by atoms with E-state index in [0.717, 1.165) is 24.2 Å². The van der Waals surface area contributed by atoms with E-state index in [1.165, 1.54) is 10.1 Å². The van der Waals surface area contributed by atoms with Crippen molar-refractivity contribution in [3.8, 4) is 11.5 Å². The molecule has 27 heavy (non-hydrogen) atoms. The number of methoxy groups -OCH3 is 1. The highest BCUT2D eigenvalue weighted by molar-refractivity contribution is 6.08. The van der Waals surface area contributed by atoms with Gasteiger partial charge in [0.1, 0.15) is 5.75 Å². The molecule has 0 spiro atoms. The van der Waals surface area contributed by atoms with E-state index in [-0.39, 0.29) is 11.6 Å². The average Bonchev–Trinajstić information content (AvgIpc) is 3.08. The molecule has 1 heterocycles. The number of aromatic hydroxyl groups is 1.